The normalized spacial score (nSPS) is 32.4. The molecule has 0 unspecified atom stereocenters. The van der Waals surface area contributed by atoms with E-state index in [0.29, 0.717) is 17.3 Å². The van der Waals surface area contributed by atoms with Crippen LogP contribution in [-0.2, 0) is 9.53 Å². The van der Waals surface area contributed by atoms with Gasteiger partial charge in [-0.3, -0.25) is 4.79 Å². The molecule has 8 atom stereocenters. The number of rotatable bonds is 22. The molecule has 2 nitrogen and oxygen atoms in total. The summed E-state index contributed by atoms with van der Waals surface area (Å²) in [6.07, 6.45) is 38.4. The Morgan fingerprint density at radius 1 is 0.745 bits per heavy atom. The van der Waals surface area contributed by atoms with Gasteiger partial charge in [-0.25, -0.2) is 0 Å². The van der Waals surface area contributed by atoms with Gasteiger partial charge in [0.05, 0.1) is 0 Å². The summed E-state index contributed by atoms with van der Waals surface area (Å²) in [4.78, 5) is 12.8. The van der Waals surface area contributed by atoms with Crippen molar-refractivity contribution in [1.82, 2.24) is 0 Å². The van der Waals surface area contributed by atoms with E-state index in [4.69, 9.17) is 4.74 Å². The van der Waals surface area contributed by atoms with Crippen LogP contribution in [0.4, 0.5) is 0 Å². The lowest BCUT2D eigenvalue weighted by molar-refractivity contribution is -0.151. The van der Waals surface area contributed by atoms with E-state index in [1.54, 1.807) is 5.57 Å². The highest BCUT2D eigenvalue weighted by Crippen LogP contribution is 2.67. The molecule has 4 aliphatic rings. The monoisotopic (exact) mass is 653 g/mol. The highest BCUT2D eigenvalue weighted by Gasteiger charge is 2.59. The van der Waals surface area contributed by atoms with Gasteiger partial charge in [-0.1, -0.05) is 162 Å². The summed E-state index contributed by atoms with van der Waals surface area (Å²) < 4.78 is 6.13. The van der Waals surface area contributed by atoms with Gasteiger partial charge in [0.1, 0.15) is 6.10 Å². The summed E-state index contributed by atoms with van der Waals surface area (Å²) in [7, 11) is 0. The molecule has 3 fully saturated rings. The highest BCUT2D eigenvalue weighted by molar-refractivity contribution is 5.69. The van der Waals surface area contributed by atoms with Crippen LogP contribution in [0.3, 0.4) is 0 Å². The first-order chi connectivity index (χ1) is 22.7. The minimum atomic E-state index is 0.0653. The largest absolute Gasteiger partial charge is 0.462 e. The van der Waals surface area contributed by atoms with Crippen molar-refractivity contribution in [3.05, 3.63) is 11.6 Å². The first kappa shape index (κ1) is 39.0. The molecular formula is C45H80O2. The molecule has 0 saturated heterocycles. The Bertz CT molecular complexity index is 934. The second-order valence-electron chi connectivity index (χ2n) is 18.3. The third-order valence-electron chi connectivity index (χ3n) is 14.5. The summed E-state index contributed by atoms with van der Waals surface area (Å²) >= 11 is 0. The van der Waals surface area contributed by atoms with Crippen molar-refractivity contribution in [3.63, 3.8) is 0 Å². The quantitative estimate of drug-likeness (QED) is 0.0661. The summed E-state index contributed by atoms with van der Waals surface area (Å²) in [5.41, 5.74) is 2.54. The van der Waals surface area contributed by atoms with Crippen LogP contribution < -0.4 is 0 Å². The van der Waals surface area contributed by atoms with Gasteiger partial charge in [-0.2, -0.15) is 0 Å². The fraction of sp³-hybridized carbons (Fsp3) is 0.933. The van der Waals surface area contributed by atoms with Gasteiger partial charge in [-0.15, -0.1) is 0 Å². The van der Waals surface area contributed by atoms with Crippen molar-refractivity contribution in [2.45, 2.75) is 221 Å². The number of esters is 1. The Kier molecular flexibility index (Phi) is 16.2. The number of unbranched alkanes of at least 4 members (excludes halogenated alkanes) is 14. The van der Waals surface area contributed by atoms with Gasteiger partial charge in [0.2, 0.25) is 0 Å². The fourth-order valence-corrected chi connectivity index (χ4v) is 11.6. The van der Waals surface area contributed by atoms with Gasteiger partial charge >= 0.3 is 5.97 Å². The molecule has 272 valence electrons. The number of ether oxygens (including phenoxy) is 1. The topological polar surface area (TPSA) is 26.3 Å². The van der Waals surface area contributed by atoms with Gasteiger partial charge < -0.3 is 4.74 Å². The van der Waals surface area contributed by atoms with Crippen molar-refractivity contribution in [1.29, 1.82) is 0 Å². The molecule has 0 spiro atoms. The number of allylic oxidation sites excluding steroid dienone is 1. The summed E-state index contributed by atoms with van der Waals surface area (Å²) in [5, 5.41) is 0. The molecule has 0 aromatic heterocycles. The molecular weight excluding hydrogens is 572 g/mol. The van der Waals surface area contributed by atoms with E-state index in [2.05, 4.69) is 47.6 Å². The van der Waals surface area contributed by atoms with Crippen LogP contribution in [0.25, 0.3) is 0 Å². The Balaban J connectivity index is 1.10. The van der Waals surface area contributed by atoms with Gasteiger partial charge in [0.25, 0.3) is 0 Å². The van der Waals surface area contributed by atoms with Crippen LogP contribution >= 0.6 is 0 Å². The van der Waals surface area contributed by atoms with E-state index >= 15 is 0 Å². The van der Waals surface area contributed by atoms with Gasteiger partial charge in [0, 0.05) is 12.8 Å². The Morgan fingerprint density at radius 3 is 1.98 bits per heavy atom. The summed E-state index contributed by atoms with van der Waals surface area (Å²) in [6.45, 7) is 15.0. The molecule has 4 aliphatic carbocycles. The van der Waals surface area contributed by atoms with Crippen molar-refractivity contribution in [2.24, 2.45) is 46.3 Å². The van der Waals surface area contributed by atoms with Crippen LogP contribution in [0.1, 0.15) is 215 Å². The zero-order valence-corrected chi connectivity index (χ0v) is 32.5. The maximum absolute atomic E-state index is 12.8. The Labute approximate surface area is 293 Å². The Hall–Kier alpha value is -0.790. The molecule has 47 heavy (non-hydrogen) atoms. The first-order valence-electron chi connectivity index (χ1n) is 21.6. The van der Waals surface area contributed by atoms with Crippen LogP contribution in [0.15, 0.2) is 11.6 Å². The number of fused-ring (bicyclic) bond motifs is 5. The molecule has 0 bridgehead atoms. The molecule has 4 rings (SSSR count). The van der Waals surface area contributed by atoms with Gasteiger partial charge in [0.15, 0.2) is 0 Å². The van der Waals surface area contributed by atoms with Crippen LogP contribution in [-0.4, -0.2) is 12.1 Å². The zero-order chi connectivity index (χ0) is 33.7. The van der Waals surface area contributed by atoms with E-state index in [9.17, 15) is 4.79 Å². The van der Waals surface area contributed by atoms with Crippen molar-refractivity contribution >= 4 is 5.97 Å². The maximum Gasteiger partial charge on any atom is 0.306 e. The van der Waals surface area contributed by atoms with Crippen LogP contribution in [0, 0.1) is 46.3 Å². The van der Waals surface area contributed by atoms with Crippen molar-refractivity contribution < 1.29 is 9.53 Å². The first-order valence-corrected chi connectivity index (χ1v) is 21.6. The molecule has 0 aromatic rings. The lowest BCUT2D eigenvalue weighted by Gasteiger charge is -2.58. The molecule has 3 saturated carbocycles. The Morgan fingerprint density at radius 2 is 1.36 bits per heavy atom. The van der Waals surface area contributed by atoms with E-state index in [1.807, 2.05) is 0 Å². The van der Waals surface area contributed by atoms with Crippen LogP contribution in [0.2, 0.25) is 0 Å². The average molecular weight is 653 g/mol. The lowest BCUT2D eigenvalue weighted by atomic mass is 9.47. The van der Waals surface area contributed by atoms with E-state index < -0.39 is 0 Å². The highest BCUT2D eigenvalue weighted by atomic mass is 16.5. The smallest absolute Gasteiger partial charge is 0.306 e. The molecule has 0 N–H and O–H groups in total. The number of carbonyl (C=O) groups excluding carboxylic acids is 1. The second kappa shape index (κ2) is 19.6. The number of carbonyl (C=O) groups is 1. The van der Waals surface area contributed by atoms with E-state index in [1.165, 1.54) is 148 Å². The minimum Gasteiger partial charge on any atom is -0.462 e. The van der Waals surface area contributed by atoms with Crippen molar-refractivity contribution in [3.8, 4) is 0 Å². The average Bonchev–Trinajstić information content (AvgIpc) is 3.40. The summed E-state index contributed by atoms with van der Waals surface area (Å²) in [6, 6.07) is 0. The van der Waals surface area contributed by atoms with E-state index in [-0.39, 0.29) is 12.1 Å². The molecule has 0 amide bonds. The molecule has 0 heterocycles. The number of hydrogen-bond acceptors (Lipinski definition) is 2. The molecule has 0 aromatic carbocycles. The SMILES string of the molecule is CCCCCCCCCCCCCCCCCC(=O)O[C@H]1CC[C@@]2(C)C(=CC[C@H]3[C@@H]4CC[C@H]([C@H](C)CCCC(C)C)[C@@]4(C)CC[C@@H]32)C1. The standard InChI is InChI=1S/C45H80O2/c1-7-8-9-10-11-12-13-14-15-16-17-18-19-20-21-25-43(46)47-38-30-32-44(5)37(34-38)26-27-39-41-29-28-40(36(4)24-22-23-35(2)3)45(41,6)33-31-42(39)44/h26,35-36,38-42H,7-25,27-34H2,1-6H3/t36-,38+,39+,40-,41+,42+,44+,45-/m1/s1. The van der Waals surface area contributed by atoms with E-state index in [0.717, 1.165) is 54.8 Å². The lowest BCUT2D eigenvalue weighted by Crippen LogP contribution is -2.51. The fourth-order valence-electron chi connectivity index (χ4n) is 11.6. The summed E-state index contributed by atoms with van der Waals surface area (Å²) in [5.74, 6) is 5.34. The molecule has 0 aliphatic heterocycles. The van der Waals surface area contributed by atoms with Crippen LogP contribution in [0.5, 0.6) is 0 Å². The third kappa shape index (κ3) is 10.8. The predicted molar refractivity (Wildman–Crippen MR) is 202 cm³/mol. The molecule has 0 radical (unpaired) electrons. The maximum atomic E-state index is 12.8. The zero-order valence-electron chi connectivity index (χ0n) is 32.5. The third-order valence-corrected chi connectivity index (χ3v) is 14.5. The van der Waals surface area contributed by atoms with Crippen molar-refractivity contribution in [2.75, 3.05) is 0 Å². The molecule has 2 heteroatoms. The second-order valence-corrected chi connectivity index (χ2v) is 18.3. The van der Waals surface area contributed by atoms with Gasteiger partial charge in [-0.05, 0) is 97.7 Å². The minimum absolute atomic E-state index is 0.0653. The predicted octanol–water partition coefficient (Wildman–Crippen LogP) is 14.2. The number of hydrogen-bond donors (Lipinski definition) is 0.